The first-order valence-corrected chi connectivity index (χ1v) is 11.9. The maximum absolute atomic E-state index is 13.0. The summed E-state index contributed by atoms with van der Waals surface area (Å²) in [7, 11) is 0. The second-order valence-electron chi connectivity index (χ2n) is 8.30. The molecule has 8 nitrogen and oxygen atoms in total. The summed E-state index contributed by atoms with van der Waals surface area (Å²) in [4.78, 5) is 38.4. The molecule has 1 amide bonds. The molecule has 5 rings (SSSR count). The van der Waals surface area contributed by atoms with Crippen molar-refractivity contribution in [2.24, 2.45) is 5.10 Å². The summed E-state index contributed by atoms with van der Waals surface area (Å²) in [6.07, 6.45) is 2.33. The molecule has 37 heavy (non-hydrogen) atoms. The Bertz CT molecular complexity index is 1830. The number of halogens is 2. The van der Waals surface area contributed by atoms with Crippen LogP contribution in [0.1, 0.15) is 11.1 Å². The molecular formula is C27H18Cl2N4O4. The highest BCUT2D eigenvalue weighted by molar-refractivity contribution is 6.38. The van der Waals surface area contributed by atoms with Crippen LogP contribution in [0.4, 0.5) is 0 Å². The Morgan fingerprint density at radius 2 is 1.78 bits per heavy atom. The number of hydrogen-bond acceptors (Lipinski definition) is 6. The van der Waals surface area contributed by atoms with E-state index in [0.717, 1.165) is 22.0 Å². The number of nitrogens with zero attached hydrogens (tertiary/aromatic N) is 3. The van der Waals surface area contributed by atoms with E-state index in [1.54, 1.807) is 12.1 Å². The van der Waals surface area contributed by atoms with Crippen molar-refractivity contribution in [3.05, 3.63) is 109 Å². The molecule has 0 aliphatic carbocycles. The molecule has 2 heterocycles. The third-order valence-corrected chi connectivity index (χ3v) is 6.20. The van der Waals surface area contributed by atoms with Crippen molar-refractivity contribution in [3.63, 3.8) is 0 Å². The van der Waals surface area contributed by atoms with Crippen molar-refractivity contribution in [2.75, 3.05) is 0 Å². The molecule has 184 valence electrons. The summed E-state index contributed by atoms with van der Waals surface area (Å²) in [5.41, 5.74) is 4.25. The van der Waals surface area contributed by atoms with Crippen molar-refractivity contribution >= 4 is 57.1 Å². The fourth-order valence-corrected chi connectivity index (χ4v) is 4.42. The molecule has 0 saturated heterocycles. The van der Waals surface area contributed by atoms with Crippen LogP contribution in [0.5, 0.6) is 0 Å². The topological polar surface area (TPSA) is 107 Å². The van der Waals surface area contributed by atoms with E-state index in [1.807, 2.05) is 43.3 Å². The SMILES string of the molecule is Cc1ccc(-c2nn(CC(=O)N/N=C/c3coc4c(Cl)cc(Cl)cc4c3=O)c(=O)c3ccccc23)cc1. The van der Waals surface area contributed by atoms with Crippen LogP contribution in [0.25, 0.3) is 33.0 Å². The molecule has 5 aromatic rings. The first kappa shape index (κ1) is 24.4. The Labute approximate surface area is 219 Å². The number of fused-ring (bicyclic) bond motifs is 2. The molecule has 0 aliphatic heterocycles. The lowest BCUT2D eigenvalue weighted by molar-refractivity contribution is -0.121. The van der Waals surface area contributed by atoms with E-state index in [-0.39, 0.29) is 33.1 Å². The van der Waals surface area contributed by atoms with Gasteiger partial charge < -0.3 is 4.42 Å². The van der Waals surface area contributed by atoms with E-state index in [0.29, 0.717) is 16.5 Å². The van der Waals surface area contributed by atoms with Crippen molar-refractivity contribution in [1.82, 2.24) is 15.2 Å². The quantitative estimate of drug-likeness (QED) is 0.255. The Morgan fingerprint density at radius 3 is 2.54 bits per heavy atom. The summed E-state index contributed by atoms with van der Waals surface area (Å²) in [6, 6.07) is 17.7. The number of carbonyl (C=O) groups excluding carboxylic acids is 1. The van der Waals surface area contributed by atoms with Gasteiger partial charge in [-0.1, -0.05) is 71.2 Å². The zero-order valence-corrected chi connectivity index (χ0v) is 20.9. The minimum Gasteiger partial charge on any atom is -0.462 e. The van der Waals surface area contributed by atoms with E-state index in [4.69, 9.17) is 27.6 Å². The average molecular weight is 533 g/mol. The number of carbonyl (C=O) groups is 1. The molecule has 0 spiro atoms. The van der Waals surface area contributed by atoms with Crippen LogP contribution in [0.2, 0.25) is 10.0 Å². The second kappa shape index (κ2) is 10.0. The average Bonchev–Trinajstić information content (AvgIpc) is 2.88. The molecule has 0 radical (unpaired) electrons. The van der Waals surface area contributed by atoms with E-state index in [2.05, 4.69) is 15.6 Å². The zero-order chi connectivity index (χ0) is 26.1. The molecule has 1 N–H and O–H groups in total. The number of nitrogens with one attached hydrogen (secondary N) is 1. The number of hydrazone groups is 1. The van der Waals surface area contributed by atoms with Gasteiger partial charge in [0.15, 0.2) is 5.58 Å². The van der Waals surface area contributed by atoms with Gasteiger partial charge in [-0.15, -0.1) is 0 Å². The van der Waals surface area contributed by atoms with Gasteiger partial charge in [-0.25, -0.2) is 10.1 Å². The fourth-order valence-electron chi connectivity index (χ4n) is 3.88. The zero-order valence-electron chi connectivity index (χ0n) is 19.4. The van der Waals surface area contributed by atoms with Gasteiger partial charge in [-0.05, 0) is 25.1 Å². The molecule has 0 fully saturated rings. The Kier molecular flexibility index (Phi) is 6.60. The predicted octanol–water partition coefficient (Wildman–Crippen LogP) is 4.94. The van der Waals surface area contributed by atoms with Gasteiger partial charge in [-0.2, -0.15) is 10.2 Å². The van der Waals surface area contributed by atoms with E-state index < -0.39 is 16.9 Å². The Balaban J connectivity index is 1.41. The van der Waals surface area contributed by atoms with Gasteiger partial charge in [-0.3, -0.25) is 14.4 Å². The van der Waals surface area contributed by atoms with Crippen molar-refractivity contribution in [2.45, 2.75) is 13.5 Å². The Hall–Kier alpha value is -4.27. The van der Waals surface area contributed by atoms with Gasteiger partial charge in [0.05, 0.1) is 33.3 Å². The largest absolute Gasteiger partial charge is 0.462 e. The lowest BCUT2D eigenvalue weighted by Gasteiger charge is -2.11. The Morgan fingerprint density at radius 1 is 1.05 bits per heavy atom. The molecule has 0 bridgehead atoms. The van der Waals surface area contributed by atoms with Gasteiger partial charge in [0.2, 0.25) is 5.43 Å². The molecule has 0 unspecified atom stereocenters. The third-order valence-electron chi connectivity index (χ3n) is 5.70. The van der Waals surface area contributed by atoms with Crippen LogP contribution < -0.4 is 16.4 Å². The van der Waals surface area contributed by atoms with Gasteiger partial charge in [0, 0.05) is 16.0 Å². The maximum atomic E-state index is 13.0. The standard InChI is InChI=1S/C27H18Cl2N4O4/c1-15-6-8-16(9-7-15)24-19-4-2-3-5-20(19)27(36)33(32-24)13-23(34)31-30-12-17-14-37-26-21(25(17)35)10-18(28)11-22(26)29/h2-12,14H,13H2,1H3,(H,31,34)/b30-12+. The van der Waals surface area contributed by atoms with Crippen LogP contribution >= 0.6 is 23.2 Å². The first-order chi connectivity index (χ1) is 17.8. The second-order valence-corrected chi connectivity index (χ2v) is 9.14. The smallest absolute Gasteiger partial charge is 0.275 e. The summed E-state index contributed by atoms with van der Waals surface area (Å²) in [5.74, 6) is -0.604. The number of rotatable bonds is 5. The minimum atomic E-state index is -0.604. The summed E-state index contributed by atoms with van der Waals surface area (Å²) in [6.45, 7) is 1.60. The van der Waals surface area contributed by atoms with E-state index >= 15 is 0 Å². The lowest BCUT2D eigenvalue weighted by Crippen LogP contribution is -2.32. The molecular weight excluding hydrogens is 515 g/mol. The number of hydrogen-bond donors (Lipinski definition) is 1. The van der Waals surface area contributed by atoms with Crippen LogP contribution in [-0.4, -0.2) is 21.9 Å². The summed E-state index contributed by atoms with van der Waals surface area (Å²) < 4.78 is 6.53. The van der Waals surface area contributed by atoms with Gasteiger partial charge in [0.1, 0.15) is 12.8 Å². The van der Waals surface area contributed by atoms with E-state index in [1.165, 1.54) is 18.4 Å². The molecule has 10 heteroatoms. The molecule has 0 saturated carbocycles. The van der Waals surface area contributed by atoms with Crippen molar-refractivity contribution in [3.8, 4) is 11.3 Å². The van der Waals surface area contributed by atoms with Crippen molar-refractivity contribution in [1.29, 1.82) is 0 Å². The first-order valence-electron chi connectivity index (χ1n) is 11.1. The normalized spacial score (nSPS) is 11.4. The number of aromatic nitrogens is 2. The number of amides is 1. The number of aryl methyl sites for hydroxylation is 1. The van der Waals surface area contributed by atoms with Gasteiger partial charge in [0.25, 0.3) is 11.5 Å². The maximum Gasteiger partial charge on any atom is 0.275 e. The van der Waals surface area contributed by atoms with E-state index in [9.17, 15) is 14.4 Å². The molecule has 2 aromatic heterocycles. The third kappa shape index (κ3) is 4.89. The summed E-state index contributed by atoms with van der Waals surface area (Å²) in [5, 5.41) is 10.1. The van der Waals surface area contributed by atoms with Crippen LogP contribution in [-0.2, 0) is 11.3 Å². The fraction of sp³-hybridized carbons (Fsp3) is 0.0741. The molecule has 0 atom stereocenters. The predicted molar refractivity (Wildman–Crippen MR) is 144 cm³/mol. The summed E-state index contributed by atoms with van der Waals surface area (Å²) >= 11 is 12.1. The van der Waals surface area contributed by atoms with Crippen LogP contribution in [0.15, 0.2) is 86.0 Å². The highest BCUT2D eigenvalue weighted by atomic mass is 35.5. The molecule has 3 aromatic carbocycles. The van der Waals surface area contributed by atoms with Crippen LogP contribution in [0, 0.1) is 6.92 Å². The lowest BCUT2D eigenvalue weighted by atomic mass is 10.0. The molecule has 0 aliphatic rings. The minimum absolute atomic E-state index is 0.0776. The number of benzene rings is 3. The highest BCUT2D eigenvalue weighted by Crippen LogP contribution is 2.26. The monoisotopic (exact) mass is 532 g/mol. The highest BCUT2D eigenvalue weighted by Gasteiger charge is 2.14. The van der Waals surface area contributed by atoms with Crippen LogP contribution in [0.3, 0.4) is 0 Å². The van der Waals surface area contributed by atoms with Gasteiger partial charge >= 0.3 is 0 Å². The van der Waals surface area contributed by atoms with Crippen molar-refractivity contribution < 1.29 is 9.21 Å².